The highest BCUT2D eigenvalue weighted by molar-refractivity contribution is 5.75. The summed E-state index contributed by atoms with van der Waals surface area (Å²) in [5.41, 5.74) is 0.823. The molecule has 0 N–H and O–H groups in total. The molecule has 9 nitrogen and oxygen atoms in total. The van der Waals surface area contributed by atoms with Crippen LogP contribution < -0.4 is 0 Å². The van der Waals surface area contributed by atoms with E-state index in [2.05, 4.69) is 10.3 Å². The molecule has 2 fully saturated rings. The number of rotatable bonds is 4. The number of halogens is 1. The smallest absolute Gasteiger partial charge is 0.337 e. The molecule has 0 saturated carbocycles. The standard InChI is InChI=1S/C18H22FN3O6/c1-24-15-13(22-12(19)8-20-21-22)14-11(27-16(15)17(23)25-2)9-26-18(28-14)10-6-4-3-5-7-10/h3-7,11-16,18H,8-9H2,1-2H3/t11-,12?,13+,14+,15-,16-,18+/m1/s1. The van der Waals surface area contributed by atoms with Crippen molar-refractivity contribution in [3.8, 4) is 0 Å². The van der Waals surface area contributed by atoms with E-state index in [0.717, 1.165) is 5.56 Å². The maximum atomic E-state index is 14.5. The highest BCUT2D eigenvalue weighted by Gasteiger charge is 2.56. The Morgan fingerprint density at radius 2 is 2.04 bits per heavy atom. The number of hydrogen-bond acceptors (Lipinski definition) is 9. The number of hydrogen-bond donors (Lipinski definition) is 0. The average molecular weight is 395 g/mol. The van der Waals surface area contributed by atoms with Crippen LogP contribution in [0.15, 0.2) is 40.7 Å². The van der Waals surface area contributed by atoms with Crippen molar-refractivity contribution in [1.82, 2.24) is 5.01 Å². The molecule has 0 amide bonds. The lowest BCUT2D eigenvalue weighted by Gasteiger charge is -2.50. The predicted octanol–water partition coefficient (Wildman–Crippen LogP) is 1.40. The molecule has 10 heteroatoms. The van der Waals surface area contributed by atoms with Crippen molar-refractivity contribution in [2.45, 2.75) is 43.0 Å². The zero-order valence-corrected chi connectivity index (χ0v) is 15.5. The Morgan fingerprint density at radius 3 is 2.68 bits per heavy atom. The van der Waals surface area contributed by atoms with Crippen LogP contribution in [0.2, 0.25) is 0 Å². The fourth-order valence-corrected chi connectivity index (χ4v) is 3.81. The number of methoxy groups -OCH3 is 2. The first kappa shape index (κ1) is 19.2. The highest BCUT2D eigenvalue weighted by Crippen LogP contribution is 2.38. The first-order chi connectivity index (χ1) is 13.6. The second-order valence-electron chi connectivity index (χ2n) is 6.71. The Hall–Kier alpha value is -2.14. The maximum Gasteiger partial charge on any atom is 0.337 e. The van der Waals surface area contributed by atoms with Crippen LogP contribution in [-0.4, -0.2) is 75.1 Å². The highest BCUT2D eigenvalue weighted by atomic mass is 19.1. The predicted molar refractivity (Wildman–Crippen MR) is 91.7 cm³/mol. The van der Waals surface area contributed by atoms with Crippen molar-refractivity contribution in [3.05, 3.63) is 35.9 Å². The molecule has 28 heavy (non-hydrogen) atoms. The number of fused-ring (bicyclic) bond motifs is 1. The quantitative estimate of drug-likeness (QED) is 0.562. The molecule has 2 saturated heterocycles. The molecule has 1 aromatic rings. The van der Waals surface area contributed by atoms with E-state index >= 15 is 0 Å². The van der Waals surface area contributed by atoms with E-state index in [4.69, 9.17) is 23.7 Å². The summed E-state index contributed by atoms with van der Waals surface area (Å²) in [6.45, 7) is 0.0687. The normalized spacial score (nSPS) is 37.5. The van der Waals surface area contributed by atoms with Crippen LogP contribution in [-0.2, 0) is 28.5 Å². The minimum absolute atomic E-state index is 0.0906. The lowest BCUT2D eigenvalue weighted by atomic mass is 9.90. The molecule has 0 aliphatic carbocycles. The van der Waals surface area contributed by atoms with Crippen molar-refractivity contribution >= 4 is 5.97 Å². The van der Waals surface area contributed by atoms with Crippen LogP contribution >= 0.6 is 0 Å². The Labute approximate surface area is 161 Å². The molecule has 1 aromatic carbocycles. The van der Waals surface area contributed by atoms with Gasteiger partial charge in [-0.15, -0.1) is 0 Å². The summed E-state index contributed by atoms with van der Waals surface area (Å²) in [4.78, 5) is 12.3. The van der Waals surface area contributed by atoms with Gasteiger partial charge < -0.3 is 23.7 Å². The Bertz CT molecular complexity index is 723. The summed E-state index contributed by atoms with van der Waals surface area (Å²) in [7, 11) is 2.68. The summed E-state index contributed by atoms with van der Waals surface area (Å²) in [5, 5.41) is 8.89. The Balaban J connectivity index is 1.66. The van der Waals surface area contributed by atoms with E-state index in [1.807, 2.05) is 30.3 Å². The van der Waals surface area contributed by atoms with Crippen molar-refractivity contribution in [3.63, 3.8) is 0 Å². The summed E-state index contributed by atoms with van der Waals surface area (Å²) < 4.78 is 42.7. The van der Waals surface area contributed by atoms with E-state index in [1.54, 1.807) is 0 Å². The summed E-state index contributed by atoms with van der Waals surface area (Å²) in [6.07, 6.45) is -5.30. The Kier molecular flexibility index (Phi) is 5.54. The molecular weight excluding hydrogens is 373 g/mol. The molecular formula is C18H22FN3O6. The first-order valence-corrected chi connectivity index (χ1v) is 9.02. The second kappa shape index (κ2) is 8.08. The summed E-state index contributed by atoms with van der Waals surface area (Å²) >= 11 is 0. The fraction of sp³-hybridized carbons (Fsp3) is 0.611. The van der Waals surface area contributed by atoms with Crippen molar-refractivity contribution in [2.75, 3.05) is 27.4 Å². The monoisotopic (exact) mass is 395 g/mol. The lowest BCUT2D eigenvalue weighted by Crippen LogP contribution is -2.68. The molecule has 3 aliphatic rings. The molecule has 7 atom stereocenters. The molecule has 3 aliphatic heterocycles. The van der Waals surface area contributed by atoms with Crippen molar-refractivity contribution < 1.29 is 32.9 Å². The number of benzene rings is 1. The zero-order valence-electron chi connectivity index (χ0n) is 15.5. The van der Waals surface area contributed by atoms with Crippen molar-refractivity contribution in [2.24, 2.45) is 10.3 Å². The zero-order chi connectivity index (χ0) is 19.7. The SMILES string of the molecule is COC(=O)[C@@H]1O[C@@H]2CO[C@H](c3ccccc3)O[C@@H]2[C@H](N2N=NCC2F)[C@H]1OC. The number of nitrogens with zero attached hydrogens (tertiary/aromatic N) is 3. The van der Waals surface area contributed by atoms with Crippen LogP contribution in [0.25, 0.3) is 0 Å². The van der Waals surface area contributed by atoms with Gasteiger partial charge in [0.1, 0.15) is 30.9 Å². The van der Waals surface area contributed by atoms with Gasteiger partial charge in [0.2, 0.25) is 6.30 Å². The van der Waals surface area contributed by atoms with Gasteiger partial charge >= 0.3 is 5.97 Å². The third kappa shape index (κ3) is 3.37. The number of alkyl halides is 1. The number of ether oxygens (including phenoxy) is 5. The molecule has 152 valence electrons. The number of esters is 1. The largest absolute Gasteiger partial charge is 0.467 e. The number of carbonyl (C=O) groups is 1. The van der Waals surface area contributed by atoms with Crippen LogP contribution in [0.5, 0.6) is 0 Å². The van der Waals surface area contributed by atoms with E-state index in [0.29, 0.717) is 0 Å². The van der Waals surface area contributed by atoms with Crippen molar-refractivity contribution in [1.29, 1.82) is 0 Å². The molecule has 1 unspecified atom stereocenters. The summed E-state index contributed by atoms with van der Waals surface area (Å²) in [5.74, 6) is -0.618. The second-order valence-corrected chi connectivity index (χ2v) is 6.71. The van der Waals surface area contributed by atoms with E-state index < -0.39 is 49.0 Å². The average Bonchev–Trinajstić information content (AvgIpc) is 3.17. The molecule has 0 spiro atoms. The summed E-state index contributed by atoms with van der Waals surface area (Å²) in [6, 6.07) is 8.65. The molecule has 3 heterocycles. The third-order valence-electron chi connectivity index (χ3n) is 5.12. The van der Waals surface area contributed by atoms with Gasteiger partial charge in [0.15, 0.2) is 12.4 Å². The molecule has 0 aromatic heterocycles. The number of carbonyl (C=O) groups excluding carboxylic acids is 1. The van der Waals surface area contributed by atoms with Gasteiger partial charge in [-0.2, -0.15) is 5.11 Å². The third-order valence-corrected chi connectivity index (χ3v) is 5.12. The van der Waals surface area contributed by atoms with Gasteiger partial charge in [-0.1, -0.05) is 35.6 Å². The minimum atomic E-state index is -1.44. The van der Waals surface area contributed by atoms with Gasteiger partial charge in [-0.3, -0.25) is 0 Å². The van der Waals surface area contributed by atoms with Gasteiger partial charge in [-0.25, -0.2) is 14.2 Å². The Morgan fingerprint density at radius 1 is 1.25 bits per heavy atom. The molecule has 4 rings (SSSR count). The van der Waals surface area contributed by atoms with Crippen LogP contribution in [0.4, 0.5) is 4.39 Å². The van der Waals surface area contributed by atoms with Crippen LogP contribution in [0.3, 0.4) is 0 Å². The van der Waals surface area contributed by atoms with E-state index in [1.165, 1.54) is 19.2 Å². The minimum Gasteiger partial charge on any atom is -0.467 e. The van der Waals surface area contributed by atoms with E-state index in [9.17, 15) is 9.18 Å². The lowest BCUT2D eigenvalue weighted by molar-refractivity contribution is -0.322. The maximum absolute atomic E-state index is 14.5. The van der Waals surface area contributed by atoms with Crippen LogP contribution in [0, 0.1) is 0 Å². The van der Waals surface area contributed by atoms with Gasteiger partial charge in [0.25, 0.3) is 0 Å². The topological polar surface area (TPSA) is 91.2 Å². The van der Waals surface area contributed by atoms with Gasteiger partial charge in [0, 0.05) is 12.7 Å². The van der Waals surface area contributed by atoms with E-state index in [-0.39, 0.29) is 13.2 Å². The van der Waals surface area contributed by atoms with Gasteiger partial charge in [0.05, 0.1) is 13.7 Å². The molecule has 0 bridgehead atoms. The van der Waals surface area contributed by atoms with Gasteiger partial charge in [-0.05, 0) is 0 Å². The fourth-order valence-electron chi connectivity index (χ4n) is 3.81. The first-order valence-electron chi connectivity index (χ1n) is 9.02. The van der Waals surface area contributed by atoms with Crippen LogP contribution in [0.1, 0.15) is 11.9 Å². The molecule has 0 radical (unpaired) electrons.